The fourth-order valence-electron chi connectivity index (χ4n) is 3.28. The van der Waals surface area contributed by atoms with E-state index in [9.17, 15) is 13.2 Å². The van der Waals surface area contributed by atoms with Crippen molar-refractivity contribution in [2.45, 2.75) is 44.6 Å². The number of nitrogens with one attached hydrogen (secondary N) is 1. The van der Waals surface area contributed by atoms with E-state index in [1.807, 2.05) is 20.8 Å². The summed E-state index contributed by atoms with van der Waals surface area (Å²) in [4.78, 5) is 12.7. The van der Waals surface area contributed by atoms with Gasteiger partial charge in [0.05, 0.1) is 24.0 Å². The summed E-state index contributed by atoms with van der Waals surface area (Å²) in [5, 5.41) is 2.89. The second-order valence-electron chi connectivity index (χ2n) is 6.93. The molecule has 27 heavy (non-hydrogen) atoms. The summed E-state index contributed by atoms with van der Waals surface area (Å²) in [5.41, 5.74) is 0.776. The van der Waals surface area contributed by atoms with Crippen molar-refractivity contribution in [3.05, 3.63) is 23.8 Å². The maximum atomic E-state index is 13.0. The molecule has 152 valence electrons. The SMILES string of the molecule is CCOc1ccc(S(=O)(=O)N2CCC[C@@H](C(=O)N[C@@H](C)COC)C2)cc1C. The van der Waals surface area contributed by atoms with Gasteiger partial charge in [-0.05, 0) is 57.4 Å². The van der Waals surface area contributed by atoms with E-state index < -0.39 is 10.0 Å². The molecule has 1 N–H and O–H groups in total. The second kappa shape index (κ2) is 9.52. The molecule has 8 heteroatoms. The zero-order chi connectivity index (χ0) is 20.0. The van der Waals surface area contributed by atoms with E-state index in [0.29, 0.717) is 38.3 Å². The Balaban J connectivity index is 2.12. The van der Waals surface area contributed by atoms with Crippen molar-refractivity contribution < 1.29 is 22.7 Å². The van der Waals surface area contributed by atoms with Crippen molar-refractivity contribution in [1.29, 1.82) is 0 Å². The molecule has 2 rings (SSSR count). The third kappa shape index (κ3) is 5.43. The van der Waals surface area contributed by atoms with Gasteiger partial charge in [0, 0.05) is 26.2 Å². The average Bonchev–Trinajstić information content (AvgIpc) is 2.63. The van der Waals surface area contributed by atoms with Gasteiger partial charge in [-0.3, -0.25) is 4.79 Å². The number of hydrogen-bond donors (Lipinski definition) is 1. The quantitative estimate of drug-likeness (QED) is 0.723. The van der Waals surface area contributed by atoms with Gasteiger partial charge in [-0.1, -0.05) is 0 Å². The number of rotatable bonds is 8. The minimum Gasteiger partial charge on any atom is -0.494 e. The van der Waals surface area contributed by atoms with E-state index in [4.69, 9.17) is 9.47 Å². The molecule has 0 spiro atoms. The fraction of sp³-hybridized carbons (Fsp3) is 0.632. The molecule has 0 unspecified atom stereocenters. The predicted molar refractivity (Wildman–Crippen MR) is 103 cm³/mol. The lowest BCUT2D eigenvalue weighted by atomic mass is 9.98. The summed E-state index contributed by atoms with van der Waals surface area (Å²) < 4.78 is 38.0. The molecule has 1 aromatic carbocycles. The van der Waals surface area contributed by atoms with Gasteiger partial charge < -0.3 is 14.8 Å². The van der Waals surface area contributed by atoms with Gasteiger partial charge in [0.15, 0.2) is 0 Å². The molecule has 2 atom stereocenters. The van der Waals surface area contributed by atoms with Gasteiger partial charge in [0.25, 0.3) is 0 Å². The first kappa shape index (κ1) is 21.7. The Bertz CT molecular complexity index is 750. The van der Waals surface area contributed by atoms with Crippen LogP contribution in [0.25, 0.3) is 0 Å². The first-order valence-electron chi connectivity index (χ1n) is 9.32. The van der Waals surface area contributed by atoms with E-state index in [0.717, 1.165) is 5.56 Å². The first-order chi connectivity index (χ1) is 12.8. The zero-order valence-corrected chi connectivity index (χ0v) is 17.3. The molecular formula is C19H30N2O5S. The molecule has 7 nitrogen and oxygen atoms in total. The molecule has 1 saturated heterocycles. The number of methoxy groups -OCH3 is 1. The van der Waals surface area contributed by atoms with Crippen LogP contribution in [0.3, 0.4) is 0 Å². The molecule has 0 aliphatic carbocycles. The Morgan fingerprint density at radius 3 is 2.78 bits per heavy atom. The minimum absolute atomic E-state index is 0.108. The highest BCUT2D eigenvalue weighted by molar-refractivity contribution is 7.89. The lowest BCUT2D eigenvalue weighted by molar-refractivity contribution is -0.127. The molecule has 1 aliphatic heterocycles. The Labute approximate surface area is 162 Å². The zero-order valence-electron chi connectivity index (χ0n) is 16.5. The number of ether oxygens (including phenoxy) is 2. The Kier molecular flexibility index (Phi) is 7.64. The number of nitrogens with zero attached hydrogens (tertiary/aromatic N) is 1. The molecule has 1 amide bonds. The third-order valence-electron chi connectivity index (χ3n) is 4.64. The molecule has 1 aromatic rings. The van der Waals surface area contributed by atoms with Crippen LogP contribution in [0, 0.1) is 12.8 Å². The van der Waals surface area contributed by atoms with E-state index in [1.54, 1.807) is 25.3 Å². The number of aryl methyl sites for hydroxylation is 1. The topological polar surface area (TPSA) is 84.9 Å². The highest BCUT2D eigenvalue weighted by Crippen LogP contribution is 2.27. The lowest BCUT2D eigenvalue weighted by Gasteiger charge is -2.32. The maximum absolute atomic E-state index is 13.0. The van der Waals surface area contributed by atoms with Crippen LogP contribution in [-0.2, 0) is 19.6 Å². The number of benzene rings is 1. The summed E-state index contributed by atoms with van der Waals surface area (Å²) in [5.74, 6) is 0.207. The average molecular weight is 399 g/mol. The minimum atomic E-state index is -3.65. The van der Waals surface area contributed by atoms with E-state index in [1.165, 1.54) is 4.31 Å². The standard InChI is InChI=1S/C19H30N2O5S/c1-5-26-18-9-8-17(11-14(18)2)27(23,24)21-10-6-7-16(12-21)19(22)20-15(3)13-25-4/h8-9,11,15-16H,5-7,10,12-13H2,1-4H3,(H,20,22)/t15-,16+/m0/s1. The van der Waals surface area contributed by atoms with E-state index in [2.05, 4.69) is 5.32 Å². The van der Waals surface area contributed by atoms with Gasteiger partial charge in [-0.15, -0.1) is 0 Å². The summed E-state index contributed by atoms with van der Waals surface area (Å²) in [6.45, 7) is 7.14. The number of hydrogen-bond acceptors (Lipinski definition) is 5. The van der Waals surface area contributed by atoms with Crippen molar-refractivity contribution in [1.82, 2.24) is 9.62 Å². The van der Waals surface area contributed by atoms with Gasteiger partial charge in [-0.2, -0.15) is 4.31 Å². The molecule has 0 radical (unpaired) electrons. The smallest absolute Gasteiger partial charge is 0.243 e. The van der Waals surface area contributed by atoms with E-state index >= 15 is 0 Å². The molecule has 1 heterocycles. The van der Waals surface area contributed by atoms with Crippen LogP contribution >= 0.6 is 0 Å². The fourth-order valence-corrected chi connectivity index (χ4v) is 4.89. The van der Waals surface area contributed by atoms with Crippen LogP contribution in [0.5, 0.6) is 5.75 Å². The Morgan fingerprint density at radius 2 is 2.15 bits per heavy atom. The molecule has 0 aromatic heterocycles. The molecule has 0 saturated carbocycles. The van der Waals surface area contributed by atoms with Crippen LogP contribution in [-0.4, -0.2) is 58.1 Å². The summed E-state index contributed by atoms with van der Waals surface area (Å²) in [6, 6.07) is 4.78. The maximum Gasteiger partial charge on any atom is 0.243 e. The van der Waals surface area contributed by atoms with Gasteiger partial charge in [0.2, 0.25) is 15.9 Å². The van der Waals surface area contributed by atoms with Crippen molar-refractivity contribution >= 4 is 15.9 Å². The summed E-state index contributed by atoms with van der Waals surface area (Å²) >= 11 is 0. The predicted octanol–water partition coefficient (Wildman–Crippen LogP) is 1.95. The van der Waals surface area contributed by atoms with Crippen molar-refractivity contribution in [2.24, 2.45) is 5.92 Å². The van der Waals surface area contributed by atoms with Crippen molar-refractivity contribution in [3.63, 3.8) is 0 Å². The van der Waals surface area contributed by atoms with Gasteiger partial charge >= 0.3 is 0 Å². The van der Waals surface area contributed by atoms with Crippen LogP contribution in [0.4, 0.5) is 0 Å². The largest absolute Gasteiger partial charge is 0.494 e. The number of sulfonamides is 1. The number of carbonyl (C=O) groups is 1. The van der Waals surface area contributed by atoms with Crippen LogP contribution in [0.1, 0.15) is 32.3 Å². The monoisotopic (exact) mass is 398 g/mol. The van der Waals surface area contributed by atoms with Gasteiger partial charge in [-0.25, -0.2) is 8.42 Å². The highest BCUT2D eigenvalue weighted by Gasteiger charge is 2.33. The van der Waals surface area contributed by atoms with Crippen molar-refractivity contribution in [2.75, 3.05) is 33.4 Å². The van der Waals surface area contributed by atoms with Crippen LogP contribution in [0.2, 0.25) is 0 Å². The molecule has 1 fully saturated rings. The van der Waals surface area contributed by atoms with E-state index in [-0.39, 0.29) is 29.3 Å². The Hall–Kier alpha value is -1.64. The number of amides is 1. The third-order valence-corrected chi connectivity index (χ3v) is 6.51. The number of piperidine rings is 1. The first-order valence-corrected chi connectivity index (χ1v) is 10.8. The second-order valence-corrected chi connectivity index (χ2v) is 8.87. The van der Waals surface area contributed by atoms with Gasteiger partial charge in [0.1, 0.15) is 5.75 Å². The van der Waals surface area contributed by atoms with Crippen molar-refractivity contribution in [3.8, 4) is 5.75 Å². The summed E-state index contributed by atoms with van der Waals surface area (Å²) in [7, 11) is -2.07. The number of carbonyl (C=O) groups excluding carboxylic acids is 1. The molecule has 0 bridgehead atoms. The van der Waals surface area contributed by atoms with Crippen LogP contribution in [0.15, 0.2) is 23.1 Å². The molecule has 1 aliphatic rings. The normalized spacial score (nSPS) is 19.5. The molecular weight excluding hydrogens is 368 g/mol. The lowest BCUT2D eigenvalue weighted by Crippen LogP contribution is -2.47. The Morgan fingerprint density at radius 1 is 1.41 bits per heavy atom. The summed E-state index contributed by atoms with van der Waals surface area (Å²) in [6.07, 6.45) is 1.34. The van der Waals surface area contributed by atoms with Crippen LogP contribution < -0.4 is 10.1 Å². The highest BCUT2D eigenvalue weighted by atomic mass is 32.2.